The van der Waals surface area contributed by atoms with Crippen LogP contribution in [0, 0.1) is 0 Å². The van der Waals surface area contributed by atoms with E-state index in [1.165, 1.54) is 0 Å². The fourth-order valence-electron chi connectivity index (χ4n) is 1.74. The van der Waals surface area contributed by atoms with Crippen LogP contribution in [0.5, 0.6) is 0 Å². The molecule has 1 unspecified atom stereocenters. The first-order chi connectivity index (χ1) is 7.27. The zero-order valence-corrected chi connectivity index (χ0v) is 10.4. The molecule has 3 heterocycles. The Morgan fingerprint density at radius 2 is 2.13 bits per heavy atom. The minimum absolute atomic E-state index is 0.844. The summed E-state index contributed by atoms with van der Waals surface area (Å²) in [5, 5.41) is 2.31. The van der Waals surface area contributed by atoms with Crippen molar-refractivity contribution < 1.29 is 0 Å². The predicted molar refractivity (Wildman–Crippen MR) is 67.8 cm³/mol. The molecule has 1 atom stereocenters. The molecule has 0 spiro atoms. The van der Waals surface area contributed by atoms with E-state index in [1.54, 1.807) is 6.20 Å². The molecule has 0 aliphatic heterocycles. The van der Waals surface area contributed by atoms with Crippen molar-refractivity contribution in [3.63, 3.8) is 0 Å². The first kappa shape index (κ1) is 9.25. The summed E-state index contributed by atoms with van der Waals surface area (Å²) in [6.07, 6.45) is 3.64. The topological polar surface area (TPSA) is 30.7 Å². The fraction of sp³-hybridized carbons (Fsp3) is 0. The Balaban J connectivity index is 2.64. The number of hydrogen-bond donors (Lipinski definition) is 0. The quantitative estimate of drug-likeness (QED) is 0.468. The molecule has 0 bridgehead atoms. The summed E-state index contributed by atoms with van der Waals surface area (Å²) in [5.41, 5.74) is 2.02. The molecule has 0 aliphatic carbocycles. The van der Waals surface area contributed by atoms with Crippen molar-refractivity contribution in [3.05, 3.63) is 35.2 Å². The van der Waals surface area contributed by atoms with E-state index in [-0.39, 0.29) is 0 Å². The normalized spacial score (nSPS) is 11.3. The van der Waals surface area contributed by atoms with E-state index in [0.29, 0.717) is 0 Å². The Morgan fingerprint density at radius 1 is 1.27 bits per heavy atom. The number of hydrogen-bond acceptors (Lipinski definition) is 2. The van der Waals surface area contributed by atoms with E-state index < -0.39 is 0 Å². The highest BCUT2D eigenvalue weighted by atomic mass is 79.9. The van der Waals surface area contributed by atoms with Crippen LogP contribution in [0.1, 0.15) is 0 Å². The molecule has 0 fully saturated rings. The van der Waals surface area contributed by atoms with Crippen LogP contribution in [0.4, 0.5) is 0 Å². The number of pyridine rings is 2. The van der Waals surface area contributed by atoms with E-state index >= 15 is 0 Å². The van der Waals surface area contributed by atoms with Gasteiger partial charge in [-0.3, -0.25) is 0 Å². The van der Waals surface area contributed by atoms with Gasteiger partial charge in [-0.2, -0.15) is 0 Å². The lowest BCUT2D eigenvalue weighted by atomic mass is 10.2. The third-order valence-electron chi connectivity index (χ3n) is 2.41. The highest BCUT2D eigenvalue weighted by molar-refractivity contribution is 9.10. The maximum Gasteiger partial charge on any atom is 0.143 e. The van der Waals surface area contributed by atoms with E-state index in [9.17, 15) is 0 Å². The lowest BCUT2D eigenvalue weighted by molar-refractivity contribution is 1.26. The second-order valence-electron chi connectivity index (χ2n) is 3.27. The van der Waals surface area contributed by atoms with Crippen LogP contribution in [-0.4, -0.2) is 14.3 Å². The standard InChI is InChI=1S/C10H7BrN3P/c11-9-4-7-6-2-1-3-12-10(6)14(15)8(7)5-13-9/h1-5H,15H2. The average molecular weight is 280 g/mol. The van der Waals surface area contributed by atoms with Crippen molar-refractivity contribution in [2.24, 2.45) is 0 Å². The van der Waals surface area contributed by atoms with Crippen molar-refractivity contribution in [1.29, 1.82) is 0 Å². The number of rotatable bonds is 0. The van der Waals surface area contributed by atoms with Gasteiger partial charge >= 0.3 is 0 Å². The minimum atomic E-state index is 0.844. The molecule has 0 aromatic carbocycles. The monoisotopic (exact) mass is 279 g/mol. The van der Waals surface area contributed by atoms with Crippen LogP contribution in [0.3, 0.4) is 0 Å². The van der Waals surface area contributed by atoms with Crippen molar-refractivity contribution in [3.8, 4) is 0 Å². The van der Waals surface area contributed by atoms with Crippen LogP contribution >= 0.6 is 25.3 Å². The summed E-state index contributed by atoms with van der Waals surface area (Å²) in [4.78, 5) is 8.56. The van der Waals surface area contributed by atoms with Gasteiger partial charge in [0.25, 0.3) is 0 Å². The summed E-state index contributed by atoms with van der Waals surface area (Å²) < 4.78 is 2.82. The highest BCUT2D eigenvalue weighted by Gasteiger charge is 2.08. The molecule has 3 aromatic rings. The summed E-state index contributed by atoms with van der Waals surface area (Å²) in [5.74, 6) is 0. The lowest BCUT2D eigenvalue weighted by Crippen LogP contribution is -1.81. The van der Waals surface area contributed by atoms with Gasteiger partial charge in [-0.1, -0.05) is 0 Å². The average Bonchev–Trinajstić information content (AvgIpc) is 2.54. The van der Waals surface area contributed by atoms with Gasteiger partial charge in [0.2, 0.25) is 0 Å². The van der Waals surface area contributed by atoms with E-state index in [1.807, 2.05) is 22.7 Å². The molecule has 3 aromatic heterocycles. The molecule has 0 saturated heterocycles. The third kappa shape index (κ3) is 1.29. The number of fused-ring (bicyclic) bond motifs is 3. The van der Waals surface area contributed by atoms with Gasteiger partial charge in [-0.25, -0.2) is 9.97 Å². The van der Waals surface area contributed by atoms with Gasteiger partial charge in [0.05, 0.1) is 11.7 Å². The zero-order valence-electron chi connectivity index (χ0n) is 7.68. The van der Waals surface area contributed by atoms with Crippen LogP contribution in [0.2, 0.25) is 0 Å². The number of nitrogens with zero attached hydrogens (tertiary/aromatic N) is 3. The molecule has 0 saturated carbocycles. The first-order valence-electron chi connectivity index (χ1n) is 4.43. The maximum absolute atomic E-state index is 4.35. The molecule has 5 heteroatoms. The Hall–Kier alpha value is -0.990. The van der Waals surface area contributed by atoms with Crippen LogP contribution in [0.25, 0.3) is 21.9 Å². The third-order valence-corrected chi connectivity index (χ3v) is 3.37. The van der Waals surface area contributed by atoms with Crippen LogP contribution in [0.15, 0.2) is 35.2 Å². The number of aromatic nitrogens is 3. The summed E-state index contributed by atoms with van der Waals surface area (Å²) in [7, 11) is 2.66. The van der Waals surface area contributed by atoms with Gasteiger partial charge in [0, 0.05) is 17.0 Å². The van der Waals surface area contributed by atoms with Crippen LogP contribution < -0.4 is 0 Å². The zero-order chi connectivity index (χ0) is 10.4. The summed E-state index contributed by atoms with van der Waals surface area (Å²) in [6.45, 7) is 0. The van der Waals surface area contributed by atoms with Gasteiger partial charge in [-0.15, -0.1) is 0 Å². The molecule has 0 N–H and O–H groups in total. The Kier molecular flexibility index (Phi) is 2.01. The Labute approximate surface area is 96.9 Å². The molecular weight excluding hydrogens is 273 g/mol. The van der Waals surface area contributed by atoms with Gasteiger partial charge in [0.15, 0.2) is 0 Å². The van der Waals surface area contributed by atoms with Crippen molar-refractivity contribution in [2.75, 3.05) is 0 Å². The smallest absolute Gasteiger partial charge is 0.143 e. The minimum Gasteiger partial charge on any atom is -0.308 e. The molecule has 0 aliphatic rings. The van der Waals surface area contributed by atoms with Crippen molar-refractivity contribution in [2.45, 2.75) is 0 Å². The Morgan fingerprint density at radius 3 is 3.00 bits per heavy atom. The first-order valence-corrected chi connectivity index (χ1v) is 5.74. The summed E-state index contributed by atoms with van der Waals surface area (Å²) >= 11 is 3.38. The lowest BCUT2D eigenvalue weighted by Gasteiger charge is -1.95. The van der Waals surface area contributed by atoms with E-state index in [0.717, 1.165) is 26.5 Å². The van der Waals surface area contributed by atoms with Gasteiger partial charge in [-0.05, 0) is 43.5 Å². The molecule has 74 valence electrons. The largest absolute Gasteiger partial charge is 0.308 e. The van der Waals surface area contributed by atoms with Gasteiger partial charge < -0.3 is 4.34 Å². The predicted octanol–water partition coefficient (Wildman–Crippen LogP) is 2.99. The van der Waals surface area contributed by atoms with Gasteiger partial charge in [0.1, 0.15) is 10.3 Å². The van der Waals surface area contributed by atoms with Crippen LogP contribution in [-0.2, 0) is 0 Å². The molecule has 0 amide bonds. The summed E-state index contributed by atoms with van der Waals surface area (Å²) in [6, 6.07) is 6.03. The van der Waals surface area contributed by atoms with Crippen molar-refractivity contribution in [1.82, 2.24) is 14.3 Å². The Bertz CT molecular complexity index is 662. The fourth-order valence-corrected chi connectivity index (χ4v) is 2.49. The highest BCUT2D eigenvalue weighted by Crippen LogP contribution is 2.29. The molecule has 0 radical (unpaired) electrons. The maximum atomic E-state index is 4.35. The second kappa shape index (κ2) is 3.26. The molecular formula is C10H7BrN3P. The molecule has 3 rings (SSSR count). The second-order valence-corrected chi connectivity index (χ2v) is 4.60. The van der Waals surface area contributed by atoms with E-state index in [2.05, 4.69) is 41.4 Å². The SMILES string of the molecule is Pn1c2cnc(Br)cc2c2cccnc21. The van der Waals surface area contributed by atoms with Crippen molar-refractivity contribution >= 4 is 47.3 Å². The number of halogens is 1. The molecule has 3 nitrogen and oxygen atoms in total. The van der Waals surface area contributed by atoms with E-state index in [4.69, 9.17) is 0 Å². The molecule has 15 heavy (non-hydrogen) atoms.